The number of hydrogen-bond donors (Lipinski definition) is 4. The summed E-state index contributed by atoms with van der Waals surface area (Å²) in [4.78, 5) is 39.8. The first-order valence-electron chi connectivity index (χ1n) is 12.7. The summed E-state index contributed by atoms with van der Waals surface area (Å²) in [6, 6.07) is 20.0. The first-order chi connectivity index (χ1) is 18.3. The second-order valence-electron chi connectivity index (χ2n) is 9.87. The van der Waals surface area contributed by atoms with Gasteiger partial charge in [-0.05, 0) is 80.9 Å². The number of rotatable bonds is 6. The summed E-state index contributed by atoms with van der Waals surface area (Å²) in [5.41, 5.74) is 4.91. The zero-order valence-corrected chi connectivity index (χ0v) is 21.4. The number of piperidine rings is 1. The van der Waals surface area contributed by atoms with E-state index in [0.29, 0.717) is 39.3 Å². The van der Waals surface area contributed by atoms with Crippen LogP contribution in [0.1, 0.15) is 50.2 Å². The number of nitrogens with zero attached hydrogens (tertiary/aromatic N) is 1. The van der Waals surface area contributed by atoms with Gasteiger partial charge in [-0.2, -0.15) is 0 Å². The number of carbonyl (C=O) groups is 3. The third-order valence-electron chi connectivity index (χ3n) is 7.03. The maximum atomic E-state index is 13.2. The van der Waals surface area contributed by atoms with Gasteiger partial charge in [0.1, 0.15) is 0 Å². The van der Waals surface area contributed by atoms with E-state index < -0.39 is 5.97 Å². The number of hydrogen-bond acceptors (Lipinski definition) is 5. The Hall–Kier alpha value is -4.43. The first-order valence-corrected chi connectivity index (χ1v) is 12.7. The van der Waals surface area contributed by atoms with Crippen LogP contribution >= 0.6 is 0 Å². The van der Waals surface area contributed by atoms with Crippen LogP contribution in [-0.2, 0) is 4.79 Å². The molecule has 0 saturated carbocycles. The lowest BCUT2D eigenvalue weighted by molar-refractivity contribution is -0.110. The van der Waals surface area contributed by atoms with Crippen LogP contribution in [0.3, 0.4) is 0 Å². The Balaban J connectivity index is 1.46. The molecule has 0 spiro atoms. The number of nitrogens with one attached hydrogen (secondary N) is 3. The molecule has 4 N–H and O–H groups in total. The van der Waals surface area contributed by atoms with Crippen molar-refractivity contribution in [2.45, 2.75) is 25.8 Å². The van der Waals surface area contributed by atoms with Crippen LogP contribution in [0.15, 0.2) is 66.7 Å². The summed E-state index contributed by atoms with van der Waals surface area (Å²) >= 11 is 0. The summed E-state index contributed by atoms with van der Waals surface area (Å²) in [5.74, 6) is -1.47. The van der Waals surface area contributed by atoms with E-state index in [4.69, 9.17) is 0 Å². The molecule has 5 rings (SSSR count). The largest absolute Gasteiger partial charge is 0.478 e. The second kappa shape index (κ2) is 10.5. The summed E-state index contributed by atoms with van der Waals surface area (Å²) in [6.45, 7) is 3.61. The maximum Gasteiger partial charge on any atom is 0.336 e. The number of likely N-dealkylation sites (N-methyl/N-ethyl adjacent to an activating group) is 1. The Labute approximate surface area is 221 Å². The molecule has 2 heterocycles. The molecule has 0 aliphatic carbocycles. The van der Waals surface area contributed by atoms with Crippen LogP contribution in [0.25, 0.3) is 11.3 Å². The van der Waals surface area contributed by atoms with Crippen LogP contribution in [0, 0.1) is 6.92 Å². The minimum Gasteiger partial charge on any atom is -0.478 e. The average molecular weight is 511 g/mol. The lowest BCUT2D eigenvalue weighted by atomic mass is 9.96. The standard InChI is InChI=1S/C30H30N4O4/c1-18-15-24-25(16-23(18)30(37)38)33-29(36)26(24)27(19-7-4-3-5-8-19)31-21-12-10-20(11-13-21)28(35)32-22-9-6-14-34(2)17-22/h3-5,7-8,10-13,15-16,22,31H,6,9,14,17H2,1-2H3,(H,32,35)(H,33,36)(H,37,38)/b27-26+. The number of carboxylic acids is 1. The number of aromatic carboxylic acids is 1. The average Bonchev–Trinajstić information content (AvgIpc) is 3.21. The Morgan fingerprint density at radius 3 is 2.45 bits per heavy atom. The van der Waals surface area contributed by atoms with Crippen molar-refractivity contribution >= 4 is 40.4 Å². The lowest BCUT2D eigenvalue weighted by Gasteiger charge is -2.30. The normalized spacial score (nSPS) is 18.4. The monoisotopic (exact) mass is 510 g/mol. The number of aryl methyl sites for hydroxylation is 1. The fourth-order valence-corrected chi connectivity index (χ4v) is 5.09. The highest BCUT2D eigenvalue weighted by molar-refractivity contribution is 6.37. The minimum absolute atomic E-state index is 0.104. The SMILES string of the molecule is Cc1cc2c(cc1C(=O)O)NC(=O)/C2=C(/Nc1ccc(C(=O)NC2CCCN(C)C2)cc1)c1ccccc1. The fraction of sp³-hybridized carbons (Fsp3) is 0.233. The maximum absolute atomic E-state index is 13.2. The van der Waals surface area contributed by atoms with Gasteiger partial charge in [0, 0.05) is 29.4 Å². The molecule has 8 heteroatoms. The van der Waals surface area contributed by atoms with E-state index in [9.17, 15) is 19.5 Å². The van der Waals surface area contributed by atoms with Gasteiger partial charge in [-0.1, -0.05) is 30.3 Å². The summed E-state index contributed by atoms with van der Waals surface area (Å²) in [6.07, 6.45) is 2.04. The molecule has 194 valence electrons. The molecule has 1 unspecified atom stereocenters. The highest BCUT2D eigenvalue weighted by Gasteiger charge is 2.30. The number of carbonyl (C=O) groups excluding carboxylic acids is 2. The summed E-state index contributed by atoms with van der Waals surface area (Å²) < 4.78 is 0. The van der Waals surface area contributed by atoms with E-state index in [-0.39, 0.29) is 23.4 Å². The van der Waals surface area contributed by atoms with Crippen molar-refractivity contribution in [3.63, 3.8) is 0 Å². The van der Waals surface area contributed by atoms with Crippen molar-refractivity contribution in [2.75, 3.05) is 30.8 Å². The predicted octanol–water partition coefficient (Wildman–Crippen LogP) is 4.45. The quantitative estimate of drug-likeness (QED) is 0.365. The molecule has 0 aromatic heterocycles. The van der Waals surface area contributed by atoms with Crippen LogP contribution < -0.4 is 16.0 Å². The van der Waals surface area contributed by atoms with E-state index >= 15 is 0 Å². The van der Waals surface area contributed by atoms with E-state index in [2.05, 4.69) is 27.9 Å². The van der Waals surface area contributed by atoms with Crippen LogP contribution in [0.5, 0.6) is 0 Å². The number of fused-ring (bicyclic) bond motifs is 1. The Bertz CT molecular complexity index is 1430. The molecule has 3 aromatic carbocycles. The highest BCUT2D eigenvalue weighted by atomic mass is 16.4. The smallest absolute Gasteiger partial charge is 0.336 e. The predicted molar refractivity (Wildman–Crippen MR) is 148 cm³/mol. The minimum atomic E-state index is -1.04. The Kier molecular flexibility index (Phi) is 6.98. The molecule has 8 nitrogen and oxygen atoms in total. The van der Waals surface area contributed by atoms with Gasteiger partial charge in [-0.25, -0.2) is 4.79 Å². The Morgan fingerprint density at radius 1 is 1.03 bits per heavy atom. The molecule has 3 aromatic rings. The highest BCUT2D eigenvalue weighted by Crippen LogP contribution is 2.39. The molecular weight excluding hydrogens is 480 g/mol. The van der Waals surface area contributed by atoms with Crippen molar-refractivity contribution in [3.05, 3.63) is 94.5 Å². The lowest BCUT2D eigenvalue weighted by Crippen LogP contribution is -2.46. The van der Waals surface area contributed by atoms with Crippen molar-refractivity contribution < 1.29 is 19.5 Å². The summed E-state index contributed by atoms with van der Waals surface area (Å²) in [5, 5.41) is 18.8. The Morgan fingerprint density at radius 2 is 1.76 bits per heavy atom. The van der Waals surface area contributed by atoms with Gasteiger partial charge < -0.3 is 26.0 Å². The van der Waals surface area contributed by atoms with Crippen LogP contribution in [-0.4, -0.2) is 54.0 Å². The molecule has 1 atom stereocenters. The molecule has 0 bridgehead atoms. The second-order valence-corrected chi connectivity index (χ2v) is 9.87. The topological polar surface area (TPSA) is 111 Å². The van der Waals surface area contributed by atoms with Crippen molar-refractivity contribution in [1.82, 2.24) is 10.2 Å². The molecule has 2 amide bonds. The zero-order chi connectivity index (χ0) is 26.8. The van der Waals surface area contributed by atoms with Crippen LogP contribution in [0.4, 0.5) is 11.4 Å². The van der Waals surface area contributed by atoms with Gasteiger partial charge in [0.05, 0.1) is 22.5 Å². The van der Waals surface area contributed by atoms with Gasteiger partial charge in [0.2, 0.25) is 0 Å². The van der Waals surface area contributed by atoms with Gasteiger partial charge in [-0.3, -0.25) is 9.59 Å². The third kappa shape index (κ3) is 5.17. The number of benzene rings is 3. The number of anilines is 2. The fourth-order valence-electron chi connectivity index (χ4n) is 5.09. The van der Waals surface area contributed by atoms with E-state index in [0.717, 1.165) is 31.5 Å². The molecule has 2 aliphatic rings. The third-order valence-corrected chi connectivity index (χ3v) is 7.03. The van der Waals surface area contributed by atoms with Gasteiger partial charge in [-0.15, -0.1) is 0 Å². The molecular formula is C30H30N4O4. The first kappa shape index (κ1) is 25.2. The molecule has 38 heavy (non-hydrogen) atoms. The van der Waals surface area contributed by atoms with Crippen molar-refractivity contribution in [3.8, 4) is 0 Å². The molecule has 0 radical (unpaired) electrons. The molecule has 1 fully saturated rings. The molecule has 2 aliphatic heterocycles. The number of carboxylic acid groups (broad SMARTS) is 1. The number of amides is 2. The van der Waals surface area contributed by atoms with Gasteiger partial charge in [0.15, 0.2) is 0 Å². The van der Waals surface area contributed by atoms with Gasteiger partial charge >= 0.3 is 5.97 Å². The molecule has 1 saturated heterocycles. The summed E-state index contributed by atoms with van der Waals surface area (Å²) in [7, 11) is 2.06. The number of likely N-dealkylation sites (tertiary alicyclic amines) is 1. The van der Waals surface area contributed by atoms with Crippen molar-refractivity contribution in [2.24, 2.45) is 0 Å². The van der Waals surface area contributed by atoms with E-state index in [1.165, 1.54) is 6.07 Å². The van der Waals surface area contributed by atoms with Crippen molar-refractivity contribution in [1.29, 1.82) is 0 Å². The zero-order valence-electron chi connectivity index (χ0n) is 21.4. The van der Waals surface area contributed by atoms with E-state index in [1.54, 1.807) is 25.1 Å². The van der Waals surface area contributed by atoms with Gasteiger partial charge in [0.25, 0.3) is 11.8 Å². The van der Waals surface area contributed by atoms with E-state index in [1.807, 2.05) is 42.5 Å². The van der Waals surface area contributed by atoms with Crippen LogP contribution in [0.2, 0.25) is 0 Å².